The molecule has 0 amide bonds. The van der Waals surface area contributed by atoms with Crippen LogP contribution >= 0.6 is 0 Å². The van der Waals surface area contributed by atoms with Crippen LogP contribution < -0.4 is 16.0 Å². The second-order valence-electron chi connectivity index (χ2n) is 7.80. The highest BCUT2D eigenvalue weighted by Gasteiger charge is 2.20. The molecule has 158 valence electrons. The lowest BCUT2D eigenvalue weighted by Gasteiger charge is -2.32. The lowest BCUT2D eigenvalue weighted by molar-refractivity contribution is 0.146. The zero-order valence-corrected chi connectivity index (χ0v) is 16.8. The maximum atomic E-state index is 14.6. The van der Waals surface area contributed by atoms with Gasteiger partial charge in [-0.05, 0) is 44.0 Å². The number of piperidine rings is 1. The van der Waals surface area contributed by atoms with E-state index in [9.17, 15) is 13.2 Å². The minimum absolute atomic E-state index is 0.207. The number of benzene rings is 2. The van der Waals surface area contributed by atoms with Gasteiger partial charge in [0.15, 0.2) is 0 Å². The molecule has 1 saturated heterocycles. The number of aromatic nitrogens is 1. The van der Waals surface area contributed by atoms with E-state index in [4.69, 9.17) is 5.73 Å². The predicted molar refractivity (Wildman–Crippen MR) is 115 cm³/mol. The first-order valence-electron chi connectivity index (χ1n) is 10.2. The molecule has 1 fully saturated rings. The van der Waals surface area contributed by atoms with Crippen molar-refractivity contribution in [3.05, 3.63) is 65.6 Å². The Hall–Kier alpha value is -2.80. The van der Waals surface area contributed by atoms with Crippen molar-refractivity contribution in [1.82, 2.24) is 4.98 Å². The van der Waals surface area contributed by atoms with Crippen LogP contribution in [0.2, 0.25) is 0 Å². The van der Waals surface area contributed by atoms with Crippen molar-refractivity contribution in [1.29, 1.82) is 0 Å². The van der Waals surface area contributed by atoms with Crippen molar-refractivity contribution in [2.45, 2.75) is 38.3 Å². The van der Waals surface area contributed by atoms with Gasteiger partial charge in [0, 0.05) is 47.7 Å². The lowest BCUT2D eigenvalue weighted by Crippen LogP contribution is -2.39. The van der Waals surface area contributed by atoms with Gasteiger partial charge in [0.2, 0.25) is 0 Å². The lowest BCUT2D eigenvalue weighted by atomic mass is 10.0. The molecule has 4 rings (SSSR count). The van der Waals surface area contributed by atoms with Crippen molar-refractivity contribution >= 4 is 22.3 Å². The summed E-state index contributed by atoms with van der Waals surface area (Å²) in [5, 5.41) is 4.19. The Bertz CT molecular complexity index is 1030. The van der Waals surface area contributed by atoms with Crippen molar-refractivity contribution in [2.24, 2.45) is 5.73 Å². The van der Waals surface area contributed by atoms with Gasteiger partial charge in [0.1, 0.15) is 5.82 Å². The molecule has 2 aromatic carbocycles. The highest BCUT2D eigenvalue weighted by molar-refractivity contribution is 5.93. The fourth-order valence-electron chi connectivity index (χ4n) is 4.00. The minimum Gasteiger partial charge on any atom is -0.378 e. The van der Waals surface area contributed by atoms with E-state index < -0.39 is 23.8 Å². The van der Waals surface area contributed by atoms with Gasteiger partial charge in [-0.25, -0.2) is 13.2 Å². The largest absolute Gasteiger partial charge is 0.378 e. The number of hydrogen-bond donors (Lipinski definition) is 2. The third-order valence-corrected chi connectivity index (χ3v) is 5.76. The number of pyridine rings is 1. The first-order chi connectivity index (χ1) is 14.4. The average molecular weight is 414 g/mol. The van der Waals surface area contributed by atoms with Crippen molar-refractivity contribution in [3.63, 3.8) is 0 Å². The summed E-state index contributed by atoms with van der Waals surface area (Å²) in [5.41, 5.74) is 8.33. The van der Waals surface area contributed by atoms with Crippen LogP contribution in [0.3, 0.4) is 0 Å². The van der Waals surface area contributed by atoms with Crippen molar-refractivity contribution < 1.29 is 13.2 Å². The summed E-state index contributed by atoms with van der Waals surface area (Å²) >= 11 is 0. The molecule has 3 aromatic rings. The molecular formula is C23H25F3N4. The number of nitrogens with one attached hydrogen (secondary N) is 1. The number of fused-ring (bicyclic) bond motifs is 1. The van der Waals surface area contributed by atoms with Crippen LogP contribution in [0.25, 0.3) is 10.9 Å². The summed E-state index contributed by atoms with van der Waals surface area (Å²) < 4.78 is 40.7. The van der Waals surface area contributed by atoms with E-state index in [-0.39, 0.29) is 11.6 Å². The Balaban J connectivity index is 1.64. The van der Waals surface area contributed by atoms with Crippen molar-refractivity contribution in [2.75, 3.05) is 23.3 Å². The molecule has 0 aliphatic carbocycles. The molecule has 7 heteroatoms. The topological polar surface area (TPSA) is 54.2 Å². The summed E-state index contributed by atoms with van der Waals surface area (Å²) in [6, 6.07) is 11.8. The third-order valence-electron chi connectivity index (χ3n) is 5.76. The van der Waals surface area contributed by atoms with E-state index in [1.54, 1.807) is 13.1 Å². The second kappa shape index (κ2) is 8.52. The van der Waals surface area contributed by atoms with E-state index in [1.807, 2.05) is 18.2 Å². The number of nitrogens with zero attached hydrogens (tertiary/aromatic N) is 2. The molecule has 3 N–H and O–H groups in total. The maximum absolute atomic E-state index is 14.6. The molecule has 1 aliphatic rings. The molecule has 2 heterocycles. The van der Waals surface area contributed by atoms with E-state index in [0.717, 1.165) is 54.3 Å². The van der Waals surface area contributed by atoms with Crippen LogP contribution in [0.4, 0.5) is 24.5 Å². The highest BCUT2D eigenvalue weighted by Crippen LogP contribution is 2.32. The quantitative estimate of drug-likeness (QED) is 0.586. The summed E-state index contributed by atoms with van der Waals surface area (Å²) in [6.45, 7) is 3.56. The van der Waals surface area contributed by atoms with E-state index in [1.165, 1.54) is 12.1 Å². The maximum Gasteiger partial charge on any atom is 0.266 e. The SMILES string of the molecule is C[C@@H](Nc1ccnc2ccc(N3CCC(N)CC3)cc12)c1cccc(C(F)F)c1F. The van der Waals surface area contributed by atoms with Crippen LogP contribution in [0.1, 0.15) is 43.4 Å². The van der Waals surface area contributed by atoms with Gasteiger partial charge in [0.05, 0.1) is 17.1 Å². The summed E-state index contributed by atoms with van der Waals surface area (Å²) in [7, 11) is 0. The summed E-state index contributed by atoms with van der Waals surface area (Å²) in [5.74, 6) is -0.865. The molecule has 1 aliphatic heterocycles. The van der Waals surface area contributed by atoms with Crippen LogP contribution in [-0.2, 0) is 0 Å². The van der Waals surface area contributed by atoms with Gasteiger partial charge in [-0.2, -0.15) is 0 Å². The molecule has 0 radical (unpaired) electrons. The normalized spacial score (nSPS) is 16.3. The van der Waals surface area contributed by atoms with Gasteiger partial charge in [-0.1, -0.05) is 18.2 Å². The van der Waals surface area contributed by atoms with Gasteiger partial charge >= 0.3 is 0 Å². The highest BCUT2D eigenvalue weighted by atomic mass is 19.3. The summed E-state index contributed by atoms with van der Waals surface area (Å²) in [6.07, 6.45) is 0.738. The third kappa shape index (κ3) is 4.07. The molecule has 4 nitrogen and oxygen atoms in total. The molecule has 0 bridgehead atoms. The Morgan fingerprint density at radius 1 is 1.10 bits per heavy atom. The van der Waals surface area contributed by atoms with Crippen LogP contribution in [0.15, 0.2) is 48.7 Å². The Labute approximate surface area is 173 Å². The van der Waals surface area contributed by atoms with Gasteiger partial charge < -0.3 is 16.0 Å². The van der Waals surface area contributed by atoms with Crippen LogP contribution in [0.5, 0.6) is 0 Å². The van der Waals surface area contributed by atoms with Crippen LogP contribution in [-0.4, -0.2) is 24.1 Å². The number of anilines is 2. The number of hydrogen-bond acceptors (Lipinski definition) is 4. The molecule has 1 aromatic heterocycles. The van der Waals surface area contributed by atoms with E-state index in [2.05, 4.69) is 21.3 Å². The zero-order chi connectivity index (χ0) is 21.3. The average Bonchev–Trinajstić information content (AvgIpc) is 2.74. The van der Waals surface area contributed by atoms with Gasteiger partial charge in [-0.15, -0.1) is 0 Å². The van der Waals surface area contributed by atoms with Gasteiger partial charge in [-0.3, -0.25) is 4.98 Å². The number of alkyl halides is 2. The van der Waals surface area contributed by atoms with Crippen LogP contribution in [0, 0.1) is 5.82 Å². The molecular weight excluding hydrogens is 389 g/mol. The Morgan fingerprint density at radius 3 is 2.57 bits per heavy atom. The Kier molecular flexibility index (Phi) is 5.81. The van der Waals surface area contributed by atoms with E-state index >= 15 is 0 Å². The molecule has 1 atom stereocenters. The Morgan fingerprint density at radius 2 is 1.83 bits per heavy atom. The fourth-order valence-corrected chi connectivity index (χ4v) is 4.00. The minimum atomic E-state index is -2.85. The van der Waals surface area contributed by atoms with Crippen molar-refractivity contribution in [3.8, 4) is 0 Å². The predicted octanol–water partition coefficient (Wildman–Crippen LogP) is 5.41. The molecule has 0 saturated carbocycles. The smallest absolute Gasteiger partial charge is 0.266 e. The zero-order valence-electron chi connectivity index (χ0n) is 16.8. The van der Waals surface area contributed by atoms with Gasteiger partial charge in [0.25, 0.3) is 6.43 Å². The standard InChI is InChI=1S/C23H25F3N4/c1-14(17-3-2-4-18(22(17)24)23(25)26)29-21-7-10-28-20-6-5-16(13-19(20)21)30-11-8-15(27)9-12-30/h2-7,10,13-15,23H,8-9,11-12,27H2,1H3,(H,28,29)/t14-/m1/s1. The molecule has 30 heavy (non-hydrogen) atoms. The monoisotopic (exact) mass is 414 g/mol. The molecule has 0 unspecified atom stereocenters. The fraction of sp³-hybridized carbons (Fsp3) is 0.348. The summed E-state index contributed by atoms with van der Waals surface area (Å²) in [4.78, 5) is 6.72. The van der Waals surface area contributed by atoms with E-state index in [0.29, 0.717) is 0 Å². The first kappa shape index (κ1) is 20.5. The number of halogens is 3. The number of nitrogens with two attached hydrogens (primary N) is 1. The molecule has 0 spiro atoms. The second-order valence-corrected chi connectivity index (χ2v) is 7.80. The number of rotatable bonds is 5. The first-order valence-corrected chi connectivity index (χ1v) is 10.2.